The van der Waals surface area contributed by atoms with Crippen molar-refractivity contribution in [2.45, 2.75) is 50.2 Å². The zero-order chi connectivity index (χ0) is 14.6. The Balaban J connectivity index is 1.73. The quantitative estimate of drug-likeness (QED) is 0.928. The van der Waals surface area contributed by atoms with Crippen LogP contribution in [-0.4, -0.2) is 42.4 Å². The van der Waals surface area contributed by atoms with Crippen molar-refractivity contribution in [2.24, 2.45) is 5.92 Å². The summed E-state index contributed by atoms with van der Waals surface area (Å²) in [5.74, 6) is 1.30. The predicted molar refractivity (Wildman–Crippen MR) is 82.7 cm³/mol. The molecule has 0 amide bonds. The van der Waals surface area contributed by atoms with Crippen molar-refractivity contribution in [3.8, 4) is 5.75 Å². The van der Waals surface area contributed by atoms with Gasteiger partial charge >= 0.3 is 0 Å². The molecule has 3 unspecified atom stereocenters. The van der Waals surface area contributed by atoms with E-state index < -0.39 is 0 Å². The number of rotatable bonds is 3. The van der Waals surface area contributed by atoms with Crippen LogP contribution in [0.2, 0.25) is 0 Å². The van der Waals surface area contributed by atoms with Crippen LogP contribution in [0.1, 0.15) is 37.3 Å². The molecule has 1 aromatic carbocycles. The third-order valence-corrected chi connectivity index (χ3v) is 5.95. The smallest absolute Gasteiger partial charge is 0.115 e. The monoisotopic (exact) mass is 287 g/mol. The fraction of sp³-hybridized carbons (Fsp3) is 0.667. The topological polar surface area (TPSA) is 32.7 Å². The van der Waals surface area contributed by atoms with E-state index in [-0.39, 0.29) is 11.5 Å². The highest BCUT2D eigenvalue weighted by Crippen LogP contribution is 2.47. The van der Waals surface area contributed by atoms with Crippen LogP contribution >= 0.6 is 0 Å². The number of likely N-dealkylation sites (tertiary alicyclic amines) is 1. The van der Waals surface area contributed by atoms with Gasteiger partial charge in [-0.05, 0) is 61.4 Å². The number of hydrogen-bond donors (Lipinski definition) is 1. The number of piperidine rings is 1. The van der Waals surface area contributed by atoms with Gasteiger partial charge in [-0.1, -0.05) is 13.0 Å². The lowest BCUT2D eigenvalue weighted by molar-refractivity contribution is -0.0758. The highest BCUT2D eigenvalue weighted by molar-refractivity contribution is 5.45. The van der Waals surface area contributed by atoms with Crippen molar-refractivity contribution in [3.63, 3.8) is 0 Å². The van der Waals surface area contributed by atoms with Crippen molar-refractivity contribution in [1.29, 1.82) is 0 Å². The molecule has 3 atom stereocenters. The zero-order valence-electron chi connectivity index (χ0n) is 13.0. The van der Waals surface area contributed by atoms with Crippen LogP contribution in [0.4, 0.5) is 0 Å². The fourth-order valence-electron chi connectivity index (χ4n) is 4.60. The maximum absolute atomic E-state index is 9.89. The number of phenols is 1. The van der Waals surface area contributed by atoms with E-state index in [0.29, 0.717) is 11.8 Å². The van der Waals surface area contributed by atoms with Crippen molar-refractivity contribution >= 4 is 0 Å². The van der Waals surface area contributed by atoms with Crippen LogP contribution in [0.3, 0.4) is 0 Å². The Morgan fingerprint density at radius 1 is 1.38 bits per heavy atom. The number of phenolic OH excluding ortho intramolecular Hbond substituents is 1. The molecule has 2 fully saturated rings. The zero-order valence-corrected chi connectivity index (χ0v) is 13.0. The molecule has 3 nitrogen and oxygen atoms in total. The van der Waals surface area contributed by atoms with E-state index in [1.807, 2.05) is 19.2 Å². The normalized spacial score (nSPS) is 35.5. The van der Waals surface area contributed by atoms with E-state index in [1.54, 1.807) is 0 Å². The van der Waals surface area contributed by atoms with Crippen molar-refractivity contribution in [1.82, 2.24) is 4.90 Å². The lowest BCUT2D eigenvalue weighted by atomic mass is 9.63. The molecule has 0 spiro atoms. The van der Waals surface area contributed by atoms with Crippen LogP contribution < -0.4 is 0 Å². The summed E-state index contributed by atoms with van der Waals surface area (Å²) in [6, 6.07) is 6.40. The Morgan fingerprint density at radius 3 is 2.90 bits per heavy atom. The average Bonchev–Trinajstić information content (AvgIpc) is 3.27. The summed E-state index contributed by atoms with van der Waals surface area (Å²) >= 11 is 0. The van der Waals surface area contributed by atoms with Gasteiger partial charge in [0, 0.05) is 25.1 Å². The lowest BCUT2D eigenvalue weighted by Gasteiger charge is -2.54. The Morgan fingerprint density at radius 2 is 2.19 bits per heavy atom. The Hall–Kier alpha value is -1.06. The van der Waals surface area contributed by atoms with Gasteiger partial charge in [-0.25, -0.2) is 0 Å². The third kappa shape index (κ3) is 2.09. The Bertz CT molecular complexity index is 554. The summed E-state index contributed by atoms with van der Waals surface area (Å²) in [5, 5.41) is 9.89. The van der Waals surface area contributed by atoms with Crippen molar-refractivity contribution < 1.29 is 9.84 Å². The van der Waals surface area contributed by atoms with Gasteiger partial charge in [-0.2, -0.15) is 0 Å². The second kappa shape index (κ2) is 4.72. The van der Waals surface area contributed by atoms with Gasteiger partial charge in [0.25, 0.3) is 0 Å². The molecule has 1 aromatic rings. The highest BCUT2D eigenvalue weighted by Gasteiger charge is 2.51. The van der Waals surface area contributed by atoms with Crippen molar-refractivity contribution in [2.75, 3.05) is 20.2 Å². The molecule has 2 aliphatic carbocycles. The second-order valence-electron chi connectivity index (χ2n) is 7.38. The first-order chi connectivity index (χ1) is 10.1. The molecule has 1 heterocycles. The minimum absolute atomic E-state index is 0.0335. The molecule has 1 saturated heterocycles. The van der Waals surface area contributed by atoms with Gasteiger partial charge in [0.15, 0.2) is 0 Å². The molecular formula is C18H25NO2. The minimum Gasteiger partial charge on any atom is -0.508 e. The SMILES string of the molecule is COC1C2Cc3ccc(O)cc3C1(C)CCN2CC1CC1. The number of methoxy groups -OCH3 is 1. The minimum atomic E-state index is 0.0335. The predicted octanol–water partition coefficient (Wildman–Crippen LogP) is 2.71. The molecule has 0 aromatic heterocycles. The molecule has 0 radical (unpaired) electrons. The summed E-state index contributed by atoms with van der Waals surface area (Å²) in [7, 11) is 1.85. The maximum Gasteiger partial charge on any atom is 0.115 e. The van der Waals surface area contributed by atoms with Crippen LogP contribution in [0.5, 0.6) is 5.75 Å². The van der Waals surface area contributed by atoms with Gasteiger partial charge in [0.1, 0.15) is 5.75 Å². The van der Waals surface area contributed by atoms with Gasteiger partial charge in [-0.15, -0.1) is 0 Å². The van der Waals surface area contributed by atoms with Crippen LogP contribution in [0, 0.1) is 5.92 Å². The molecule has 1 saturated carbocycles. The second-order valence-corrected chi connectivity index (χ2v) is 7.38. The summed E-state index contributed by atoms with van der Waals surface area (Å²) in [6.45, 7) is 4.72. The first-order valence-corrected chi connectivity index (χ1v) is 8.21. The molecule has 4 rings (SSSR count). The average molecular weight is 287 g/mol. The van der Waals surface area contributed by atoms with Crippen molar-refractivity contribution in [3.05, 3.63) is 29.3 Å². The molecule has 1 aliphatic heterocycles. The number of fused-ring (bicyclic) bond motifs is 4. The summed E-state index contributed by atoms with van der Waals surface area (Å²) in [5.41, 5.74) is 2.73. The lowest BCUT2D eigenvalue weighted by Crippen LogP contribution is -2.63. The molecule has 3 heteroatoms. The first kappa shape index (κ1) is 13.6. The number of benzene rings is 1. The van der Waals surface area contributed by atoms with E-state index in [1.165, 1.54) is 30.5 Å². The molecule has 114 valence electrons. The fourth-order valence-corrected chi connectivity index (χ4v) is 4.60. The molecule has 2 bridgehead atoms. The summed E-state index contributed by atoms with van der Waals surface area (Å²) in [4.78, 5) is 2.67. The van der Waals surface area contributed by atoms with E-state index in [0.717, 1.165) is 25.3 Å². The number of aromatic hydroxyl groups is 1. The van der Waals surface area contributed by atoms with Crippen LogP contribution in [0.25, 0.3) is 0 Å². The Kier molecular flexibility index (Phi) is 3.05. The molecule has 21 heavy (non-hydrogen) atoms. The highest BCUT2D eigenvalue weighted by atomic mass is 16.5. The number of ether oxygens (including phenoxy) is 1. The van der Waals surface area contributed by atoms with Crippen LogP contribution in [-0.2, 0) is 16.6 Å². The van der Waals surface area contributed by atoms with E-state index in [2.05, 4.69) is 17.9 Å². The summed E-state index contributed by atoms with van der Waals surface area (Å²) in [6.07, 6.45) is 5.21. The van der Waals surface area contributed by atoms with E-state index in [9.17, 15) is 5.11 Å². The van der Waals surface area contributed by atoms with Gasteiger partial charge in [0.05, 0.1) is 6.10 Å². The molecular weight excluding hydrogens is 262 g/mol. The first-order valence-electron chi connectivity index (χ1n) is 8.21. The largest absolute Gasteiger partial charge is 0.508 e. The standard InChI is InChI=1S/C18H25NO2/c1-18-7-8-19(11-12-3-4-12)16(17(18)21-2)9-13-5-6-14(20)10-15(13)18/h5-6,10,12,16-17,20H,3-4,7-9,11H2,1-2H3. The maximum atomic E-state index is 9.89. The van der Waals surface area contributed by atoms with E-state index >= 15 is 0 Å². The van der Waals surface area contributed by atoms with Gasteiger partial charge < -0.3 is 9.84 Å². The van der Waals surface area contributed by atoms with Gasteiger partial charge in [-0.3, -0.25) is 4.90 Å². The molecule has 1 N–H and O–H groups in total. The Labute approximate surface area is 126 Å². The number of nitrogens with zero attached hydrogens (tertiary/aromatic N) is 1. The number of hydrogen-bond acceptors (Lipinski definition) is 3. The third-order valence-electron chi connectivity index (χ3n) is 5.95. The van der Waals surface area contributed by atoms with E-state index in [4.69, 9.17) is 4.74 Å². The molecule has 3 aliphatic rings. The van der Waals surface area contributed by atoms with Crippen LogP contribution in [0.15, 0.2) is 18.2 Å². The summed E-state index contributed by atoms with van der Waals surface area (Å²) < 4.78 is 5.97. The van der Waals surface area contributed by atoms with Gasteiger partial charge in [0.2, 0.25) is 0 Å².